The monoisotopic (exact) mass is 302 g/mol. The minimum Gasteiger partial charge on any atom is -0.371 e. The van der Waals surface area contributed by atoms with Gasteiger partial charge in [0.1, 0.15) is 0 Å². The van der Waals surface area contributed by atoms with Gasteiger partial charge in [-0.3, -0.25) is 0 Å². The lowest BCUT2D eigenvalue weighted by Crippen LogP contribution is -2.17. The molecule has 0 saturated carbocycles. The normalized spacial score (nSPS) is 26.6. The third-order valence-corrected chi connectivity index (χ3v) is 5.93. The quantitative estimate of drug-likeness (QED) is 0.692. The molecule has 2 bridgehead atoms. The number of hydrogen-bond acceptors (Lipinski definition) is 1. The molecule has 1 nitrogen and oxygen atoms in total. The number of ether oxygens (including phenoxy) is 1. The van der Waals surface area contributed by atoms with Gasteiger partial charge in [-0.05, 0) is 58.7 Å². The molecule has 1 aliphatic carbocycles. The van der Waals surface area contributed by atoms with Crippen molar-refractivity contribution in [2.45, 2.75) is 50.7 Å². The lowest BCUT2D eigenvalue weighted by atomic mass is 9.81. The molecule has 2 aromatic rings. The van der Waals surface area contributed by atoms with Gasteiger partial charge in [-0.1, -0.05) is 56.3 Å². The summed E-state index contributed by atoms with van der Waals surface area (Å²) in [5.41, 5.74) is 8.70. The Hall–Kier alpha value is -1.86. The molecule has 1 heteroatoms. The van der Waals surface area contributed by atoms with Crippen molar-refractivity contribution in [2.75, 3.05) is 0 Å². The SMILES string of the molecule is CC1(C)c2ccccc2-c2ccc(C3=CC4CCC(C3)O4)cc21. The zero-order chi connectivity index (χ0) is 15.6. The first kappa shape index (κ1) is 13.6. The minimum absolute atomic E-state index is 0.0899. The third-order valence-electron chi connectivity index (χ3n) is 5.93. The average Bonchev–Trinajstić information content (AvgIpc) is 3.02. The largest absolute Gasteiger partial charge is 0.371 e. The minimum atomic E-state index is 0.0899. The van der Waals surface area contributed by atoms with Crippen LogP contribution in [-0.4, -0.2) is 12.2 Å². The number of rotatable bonds is 1. The summed E-state index contributed by atoms with van der Waals surface area (Å²) in [6.45, 7) is 4.70. The van der Waals surface area contributed by atoms with Gasteiger partial charge in [0.15, 0.2) is 0 Å². The molecule has 2 heterocycles. The summed E-state index contributed by atoms with van der Waals surface area (Å²) in [6.07, 6.45) is 6.63. The summed E-state index contributed by atoms with van der Waals surface area (Å²) in [5, 5.41) is 0. The lowest BCUT2D eigenvalue weighted by molar-refractivity contribution is 0.0671. The van der Waals surface area contributed by atoms with E-state index in [4.69, 9.17) is 4.74 Å². The second-order valence-corrected chi connectivity index (χ2v) is 7.70. The van der Waals surface area contributed by atoms with Gasteiger partial charge in [-0.15, -0.1) is 0 Å². The van der Waals surface area contributed by atoms with Gasteiger partial charge < -0.3 is 4.74 Å². The van der Waals surface area contributed by atoms with E-state index < -0.39 is 0 Å². The van der Waals surface area contributed by atoms with E-state index in [2.05, 4.69) is 62.4 Å². The Labute approximate surface area is 138 Å². The van der Waals surface area contributed by atoms with Gasteiger partial charge in [-0.25, -0.2) is 0 Å². The molecule has 1 fully saturated rings. The van der Waals surface area contributed by atoms with Crippen molar-refractivity contribution in [3.05, 3.63) is 65.2 Å². The van der Waals surface area contributed by atoms with E-state index in [1.807, 2.05) is 0 Å². The van der Waals surface area contributed by atoms with Crippen LogP contribution in [0.5, 0.6) is 0 Å². The molecular formula is C22H22O. The summed E-state index contributed by atoms with van der Waals surface area (Å²) < 4.78 is 5.96. The Kier molecular flexibility index (Phi) is 2.70. The molecule has 2 aliphatic heterocycles. The van der Waals surface area contributed by atoms with E-state index in [-0.39, 0.29) is 5.41 Å². The zero-order valence-corrected chi connectivity index (χ0v) is 13.8. The smallest absolute Gasteiger partial charge is 0.0766 e. The van der Waals surface area contributed by atoms with Crippen molar-refractivity contribution in [1.82, 2.24) is 0 Å². The molecule has 0 amide bonds. The van der Waals surface area contributed by atoms with Crippen LogP contribution in [-0.2, 0) is 10.2 Å². The summed E-state index contributed by atoms with van der Waals surface area (Å²) >= 11 is 0. The van der Waals surface area contributed by atoms with Crippen LogP contribution < -0.4 is 0 Å². The second kappa shape index (κ2) is 4.58. The fourth-order valence-electron chi connectivity index (χ4n) is 4.66. The average molecular weight is 302 g/mol. The standard InChI is InChI=1S/C22H22O/c1-22(2)20-6-4-3-5-18(20)19-10-7-14(13-21(19)22)15-11-16-8-9-17(12-15)23-16/h3-7,10-11,13,16-17H,8-9,12H2,1-2H3. The molecule has 2 atom stereocenters. The van der Waals surface area contributed by atoms with Crippen molar-refractivity contribution in [1.29, 1.82) is 0 Å². The Bertz CT molecular complexity index is 828. The van der Waals surface area contributed by atoms with E-state index in [1.54, 1.807) is 0 Å². The van der Waals surface area contributed by atoms with Gasteiger partial charge in [0.2, 0.25) is 0 Å². The van der Waals surface area contributed by atoms with Crippen LogP contribution >= 0.6 is 0 Å². The van der Waals surface area contributed by atoms with Gasteiger partial charge >= 0.3 is 0 Å². The molecule has 1 saturated heterocycles. The molecule has 2 aromatic carbocycles. The first-order chi connectivity index (χ1) is 11.1. The van der Waals surface area contributed by atoms with Crippen LogP contribution in [0.4, 0.5) is 0 Å². The van der Waals surface area contributed by atoms with E-state index in [0.29, 0.717) is 12.2 Å². The fourth-order valence-corrected chi connectivity index (χ4v) is 4.66. The van der Waals surface area contributed by atoms with Crippen molar-refractivity contribution in [3.8, 4) is 11.1 Å². The Balaban J connectivity index is 1.63. The maximum atomic E-state index is 5.96. The van der Waals surface area contributed by atoms with Gasteiger partial charge in [0.05, 0.1) is 12.2 Å². The molecule has 23 heavy (non-hydrogen) atoms. The predicted octanol–water partition coefficient (Wildman–Crippen LogP) is 5.33. The number of benzene rings is 2. The summed E-state index contributed by atoms with van der Waals surface area (Å²) in [6, 6.07) is 15.9. The molecule has 5 rings (SSSR count). The Morgan fingerprint density at radius 2 is 1.78 bits per heavy atom. The van der Waals surface area contributed by atoms with Gasteiger partial charge in [-0.2, -0.15) is 0 Å². The van der Waals surface area contributed by atoms with Gasteiger partial charge in [0, 0.05) is 5.41 Å². The molecule has 0 aromatic heterocycles. The van der Waals surface area contributed by atoms with Crippen LogP contribution in [0.15, 0.2) is 48.5 Å². The summed E-state index contributed by atoms with van der Waals surface area (Å²) in [5.74, 6) is 0. The highest BCUT2D eigenvalue weighted by atomic mass is 16.5. The van der Waals surface area contributed by atoms with Crippen LogP contribution in [0, 0.1) is 0 Å². The van der Waals surface area contributed by atoms with Crippen molar-refractivity contribution >= 4 is 5.57 Å². The lowest BCUT2D eigenvalue weighted by Gasteiger charge is -2.24. The molecule has 0 spiro atoms. The Morgan fingerprint density at radius 1 is 0.957 bits per heavy atom. The second-order valence-electron chi connectivity index (χ2n) is 7.70. The summed E-state index contributed by atoms with van der Waals surface area (Å²) in [4.78, 5) is 0. The van der Waals surface area contributed by atoms with Crippen LogP contribution in [0.2, 0.25) is 0 Å². The summed E-state index contributed by atoms with van der Waals surface area (Å²) in [7, 11) is 0. The van der Waals surface area contributed by atoms with Crippen LogP contribution in [0.25, 0.3) is 16.7 Å². The first-order valence-corrected chi connectivity index (χ1v) is 8.74. The van der Waals surface area contributed by atoms with Gasteiger partial charge in [0.25, 0.3) is 0 Å². The van der Waals surface area contributed by atoms with E-state index in [1.165, 1.54) is 46.2 Å². The molecule has 0 N–H and O–H groups in total. The zero-order valence-electron chi connectivity index (χ0n) is 13.8. The molecule has 0 radical (unpaired) electrons. The number of hydrogen-bond donors (Lipinski definition) is 0. The van der Waals surface area contributed by atoms with Crippen LogP contribution in [0.1, 0.15) is 49.8 Å². The van der Waals surface area contributed by atoms with Crippen molar-refractivity contribution in [3.63, 3.8) is 0 Å². The van der Waals surface area contributed by atoms with E-state index >= 15 is 0 Å². The number of fused-ring (bicyclic) bond motifs is 5. The maximum Gasteiger partial charge on any atom is 0.0766 e. The van der Waals surface area contributed by atoms with E-state index in [0.717, 1.165) is 6.42 Å². The highest BCUT2D eigenvalue weighted by molar-refractivity contribution is 5.83. The highest BCUT2D eigenvalue weighted by Gasteiger charge is 2.36. The van der Waals surface area contributed by atoms with Crippen molar-refractivity contribution in [2.24, 2.45) is 0 Å². The van der Waals surface area contributed by atoms with Crippen LogP contribution in [0.3, 0.4) is 0 Å². The van der Waals surface area contributed by atoms with Crippen molar-refractivity contribution < 1.29 is 4.74 Å². The molecule has 116 valence electrons. The predicted molar refractivity (Wildman–Crippen MR) is 94.5 cm³/mol. The molecule has 3 aliphatic rings. The third kappa shape index (κ3) is 1.89. The van der Waals surface area contributed by atoms with E-state index in [9.17, 15) is 0 Å². The highest BCUT2D eigenvalue weighted by Crippen LogP contribution is 2.49. The Morgan fingerprint density at radius 3 is 2.65 bits per heavy atom. The fraction of sp³-hybridized carbons (Fsp3) is 0.364. The topological polar surface area (TPSA) is 9.23 Å². The first-order valence-electron chi connectivity index (χ1n) is 8.74. The molecular weight excluding hydrogens is 280 g/mol. The maximum absolute atomic E-state index is 5.96. The molecule has 2 unspecified atom stereocenters.